The van der Waals surface area contributed by atoms with Gasteiger partial charge in [-0.3, -0.25) is 14.4 Å². The van der Waals surface area contributed by atoms with Gasteiger partial charge in [0.05, 0.1) is 0 Å². The van der Waals surface area contributed by atoms with Crippen molar-refractivity contribution in [2.45, 2.75) is 25.8 Å². The molecule has 1 unspecified atom stereocenters. The minimum absolute atomic E-state index is 0.182. The van der Waals surface area contributed by atoms with Crippen LogP contribution < -0.4 is 5.32 Å². The van der Waals surface area contributed by atoms with E-state index in [2.05, 4.69) is 5.32 Å². The average Bonchev–Trinajstić information content (AvgIpc) is 2.61. The van der Waals surface area contributed by atoms with Gasteiger partial charge >= 0.3 is 5.97 Å². The molecule has 2 rings (SSSR count). The monoisotopic (exact) mass is 398 g/mol. The highest BCUT2D eigenvalue weighted by molar-refractivity contribution is 6.37. The van der Waals surface area contributed by atoms with Crippen molar-refractivity contribution >= 4 is 47.1 Å². The number of piperidine rings is 1. The van der Waals surface area contributed by atoms with E-state index in [-0.39, 0.29) is 17.7 Å². The molecule has 2 N–H and O–H groups in total. The first-order valence-corrected chi connectivity index (χ1v) is 8.99. The molecule has 0 bridgehead atoms. The Kier molecular flexibility index (Phi) is 7.06. The predicted octanol–water partition coefficient (Wildman–Crippen LogP) is 2.83. The molecule has 1 saturated heterocycles. The number of carbonyl (C=O) groups excluding carboxylic acids is 2. The molecular formula is C18H20Cl2N2O4. The summed E-state index contributed by atoms with van der Waals surface area (Å²) in [4.78, 5) is 36.8. The third-order valence-electron chi connectivity index (χ3n) is 4.30. The van der Waals surface area contributed by atoms with Crippen molar-refractivity contribution in [2.75, 3.05) is 13.1 Å². The van der Waals surface area contributed by atoms with E-state index in [0.29, 0.717) is 41.5 Å². The lowest BCUT2D eigenvalue weighted by Crippen LogP contribution is -2.46. The standard InChI is InChI=1S/C18H20Cl2N2O4/c1-11(18(25)26)21-17(24)12-7-9-22(10-8-12)16(23)6-5-13-14(19)3-2-4-15(13)20/h2-6,11-12H,7-10H2,1H3,(H,21,24)(H,25,26)/b6-5+. The Balaban J connectivity index is 1.89. The first-order valence-electron chi connectivity index (χ1n) is 8.23. The number of hydrogen-bond donors (Lipinski definition) is 2. The topological polar surface area (TPSA) is 86.7 Å². The van der Waals surface area contributed by atoms with Gasteiger partial charge in [0.1, 0.15) is 6.04 Å². The number of nitrogens with zero attached hydrogens (tertiary/aromatic N) is 1. The maximum absolute atomic E-state index is 12.3. The van der Waals surface area contributed by atoms with Crippen LogP contribution in [0.4, 0.5) is 0 Å². The normalized spacial score (nSPS) is 16.5. The molecule has 1 fully saturated rings. The SMILES string of the molecule is CC(NC(=O)C1CCN(C(=O)/C=C/c2c(Cl)cccc2Cl)CC1)C(=O)O. The lowest BCUT2D eigenvalue weighted by Gasteiger charge is -2.31. The fourth-order valence-electron chi connectivity index (χ4n) is 2.69. The minimum Gasteiger partial charge on any atom is -0.480 e. The van der Waals surface area contributed by atoms with Gasteiger partial charge in [0.2, 0.25) is 11.8 Å². The maximum atomic E-state index is 12.3. The van der Waals surface area contributed by atoms with Gasteiger partial charge in [-0.2, -0.15) is 0 Å². The molecule has 1 aliphatic heterocycles. The number of hydrogen-bond acceptors (Lipinski definition) is 3. The number of nitrogens with one attached hydrogen (secondary N) is 1. The highest BCUT2D eigenvalue weighted by atomic mass is 35.5. The van der Waals surface area contributed by atoms with Crippen LogP contribution in [0, 0.1) is 5.92 Å². The average molecular weight is 399 g/mol. The zero-order valence-electron chi connectivity index (χ0n) is 14.2. The summed E-state index contributed by atoms with van der Waals surface area (Å²) < 4.78 is 0. The number of aliphatic carboxylic acids is 1. The van der Waals surface area contributed by atoms with E-state index in [4.69, 9.17) is 28.3 Å². The van der Waals surface area contributed by atoms with Crippen LogP contribution in [0.1, 0.15) is 25.3 Å². The van der Waals surface area contributed by atoms with Crippen molar-refractivity contribution in [3.05, 3.63) is 39.9 Å². The second-order valence-corrected chi connectivity index (χ2v) is 6.95. The van der Waals surface area contributed by atoms with Crippen LogP contribution in [0.25, 0.3) is 6.08 Å². The third-order valence-corrected chi connectivity index (χ3v) is 4.96. The van der Waals surface area contributed by atoms with E-state index in [0.717, 1.165) is 0 Å². The molecule has 6 nitrogen and oxygen atoms in total. The second-order valence-electron chi connectivity index (χ2n) is 6.14. The van der Waals surface area contributed by atoms with Crippen LogP contribution in [-0.2, 0) is 14.4 Å². The van der Waals surface area contributed by atoms with Gasteiger partial charge in [-0.15, -0.1) is 0 Å². The molecule has 1 aromatic rings. The van der Waals surface area contributed by atoms with Crippen LogP contribution in [0.3, 0.4) is 0 Å². The molecule has 0 spiro atoms. The highest BCUT2D eigenvalue weighted by Crippen LogP contribution is 2.25. The molecule has 0 aliphatic carbocycles. The van der Waals surface area contributed by atoms with E-state index >= 15 is 0 Å². The molecule has 26 heavy (non-hydrogen) atoms. The Bertz CT molecular complexity index is 708. The molecule has 0 radical (unpaired) electrons. The molecule has 1 atom stereocenters. The number of amides is 2. The summed E-state index contributed by atoms with van der Waals surface area (Å²) in [6.45, 7) is 2.28. The molecule has 0 aromatic heterocycles. The summed E-state index contributed by atoms with van der Waals surface area (Å²) in [5, 5.41) is 12.2. The van der Waals surface area contributed by atoms with Gasteiger partial charge in [-0.1, -0.05) is 29.3 Å². The summed E-state index contributed by atoms with van der Waals surface area (Å²) in [5.74, 6) is -1.83. The first-order chi connectivity index (χ1) is 12.3. The Morgan fingerprint density at radius 3 is 2.35 bits per heavy atom. The minimum atomic E-state index is -1.07. The fraction of sp³-hybridized carbons (Fsp3) is 0.389. The van der Waals surface area contributed by atoms with Crippen molar-refractivity contribution in [1.82, 2.24) is 10.2 Å². The lowest BCUT2D eigenvalue weighted by atomic mass is 9.95. The van der Waals surface area contributed by atoms with Crippen LogP contribution in [0.5, 0.6) is 0 Å². The molecular weight excluding hydrogens is 379 g/mol. The zero-order chi connectivity index (χ0) is 19.3. The summed E-state index contributed by atoms with van der Waals surface area (Å²) in [5.41, 5.74) is 0.584. The van der Waals surface area contributed by atoms with Crippen LogP contribution in [-0.4, -0.2) is 46.9 Å². The number of benzene rings is 1. The highest BCUT2D eigenvalue weighted by Gasteiger charge is 2.28. The summed E-state index contributed by atoms with van der Waals surface area (Å²) in [6, 6.07) is 4.19. The molecule has 1 heterocycles. The largest absolute Gasteiger partial charge is 0.480 e. The van der Waals surface area contributed by atoms with Gasteiger partial charge in [0.25, 0.3) is 0 Å². The van der Waals surface area contributed by atoms with Crippen molar-refractivity contribution in [2.24, 2.45) is 5.92 Å². The van der Waals surface area contributed by atoms with Crippen molar-refractivity contribution in [3.8, 4) is 0 Å². The second kappa shape index (κ2) is 9.05. The Hall–Kier alpha value is -2.05. The van der Waals surface area contributed by atoms with Gasteiger partial charge in [0.15, 0.2) is 0 Å². The maximum Gasteiger partial charge on any atom is 0.325 e. The third kappa shape index (κ3) is 5.22. The van der Waals surface area contributed by atoms with Crippen LogP contribution in [0.2, 0.25) is 10.0 Å². The zero-order valence-corrected chi connectivity index (χ0v) is 15.8. The number of rotatable bonds is 5. The lowest BCUT2D eigenvalue weighted by molar-refractivity contribution is -0.142. The molecule has 2 amide bonds. The van der Waals surface area contributed by atoms with Crippen molar-refractivity contribution < 1.29 is 19.5 Å². The number of likely N-dealkylation sites (tertiary alicyclic amines) is 1. The quantitative estimate of drug-likeness (QED) is 0.746. The number of carboxylic acids is 1. The number of halogens is 2. The smallest absolute Gasteiger partial charge is 0.325 e. The fourth-order valence-corrected chi connectivity index (χ4v) is 3.21. The molecule has 8 heteroatoms. The van der Waals surface area contributed by atoms with E-state index in [1.807, 2.05) is 0 Å². The summed E-state index contributed by atoms with van der Waals surface area (Å²) in [6.07, 6.45) is 3.98. The van der Waals surface area contributed by atoms with Gasteiger partial charge in [0, 0.05) is 40.7 Å². The van der Waals surface area contributed by atoms with E-state index < -0.39 is 12.0 Å². The van der Waals surface area contributed by atoms with Crippen molar-refractivity contribution in [3.63, 3.8) is 0 Å². The Morgan fingerprint density at radius 2 is 1.81 bits per heavy atom. The van der Waals surface area contributed by atoms with Gasteiger partial charge in [-0.05, 0) is 38.0 Å². The van der Waals surface area contributed by atoms with E-state index in [1.165, 1.54) is 13.0 Å². The van der Waals surface area contributed by atoms with Crippen LogP contribution in [0.15, 0.2) is 24.3 Å². The van der Waals surface area contributed by atoms with Gasteiger partial charge < -0.3 is 15.3 Å². The predicted molar refractivity (Wildman–Crippen MR) is 100 cm³/mol. The summed E-state index contributed by atoms with van der Waals surface area (Å²) >= 11 is 12.1. The van der Waals surface area contributed by atoms with E-state index in [1.54, 1.807) is 29.2 Å². The van der Waals surface area contributed by atoms with Crippen molar-refractivity contribution in [1.29, 1.82) is 0 Å². The summed E-state index contributed by atoms with van der Waals surface area (Å²) in [7, 11) is 0. The number of carbonyl (C=O) groups is 3. The molecule has 0 saturated carbocycles. The first kappa shape index (κ1) is 20.3. The number of carboxylic acid groups (broad SMARTS) is 1. The molecule has 1 aromatic carbocycles. The van der Waals surface area contributed by atoms with Crippen LogP contribution >= 0.6 is 23.2 Å². The molecule has 1 aliphatic rings. The Morgan fingerprint density at radius 1 is 1.23 bits per heavy atom. The van der Waals surface area contributed by atoms with E-state index in [9.17, 15) is 14.4 Å². The van der Waals surface area contributed by atoms with Gasteiger partial charge in [-0.25, -0.2) is 0 Å². The molecule has 140 valence electrons. The Labute approximate surface area is 161 Å².